The molecule has 10 heteroatoms. The summed E-state index contributed by atoms with van der Waals surface area (Å²) in [5.41, 5.74) is 1.04. The number of hydrogen-bond acceptors (Lipinski definition) is 6. The van der Waals surface area contributed by atoms with Crippen molar-refractivity contribution in [2.75, 3.05) is 51.8 Å². The molecule has 7 nitrogen and oxygen atoms in total. The van der Waals surface area contributed by atoms with Crippen molar-refractivity contribution in [2.45, 2.75) is 24.4 Å². The molecule has 0 saturated carbocycles. The molecule has 1 N–H and O–H groups in total. The molecule has 1 amide bonds. The number of para-hydroxylation sites is 1. The SMILES string of the molecule is COc1ccccc1-c1ccc(C2(C(=O)NCC3CN(C)C3)CCN(c3ccc(C(F)(F)F)cc3C#N)CC2)cn1. The van der Waals surface area contributed by atoms with Gasteiger partial charge in [-0.25, -0.2) is 0 Å². The van der Waals surface area contributed by atoms with Crippen LogP contribution in [0.1, 0.15) is 29.5 Å². The highest BCUT2D eigenvalue weighted by Gasteiger charge is 2.44. The number of pyridine rings is 1. The molecule has 0 spiro atoms. The van der Waals surface area contributed by atoms with Gasteiger partial charge in [-0.05, 0) is 61.9 Å². The minimum absolute atomic E-state index is 0.0336. The van der Waals surface area contributed by atoms with Crippen molar-refractivity contribution in [3.05, 3.63) is 77.5 Å². The molecule has 2 fully saturated rings. The van der Waals surface area contributed by atoms with E-state index >= 15 is 0 Å². The Hall–Kier alpha value is -4.10. The molecule has 0 bridgehead atoms. The monoisotopic (exact) mass is 563 g/mol. The molecular weight excluding hydrogens is 531 g/mol. The average molecular weight is 564 g/mol. The molecule has 3 aromatic rings. The number of ether oxygens (including phenoxy) is 1. The van der Waals surface area contributed by atoms with Gasteiger partial charge in [0.25, 0.3) is 0 Å². The molecule has 2 aromatic carbocycles. The van der Waals surface area contributed by atoms with Crippen LogP contribution in [0, 0.1) is 17.2 Å². The summed E-state index contributed by atoms with van der Waals surface area (Å²) < 4.78 is 45.2. The number of halogens is 3. The van der Waals surface area contributed by atoms with Gasteiger partial charge in [0.1, 0.15) is 11.8 Å². The first-order chi connectivity index (χ1) is 19.6. The van der Waals surface area contributed by atoms with Gasteiger partial charge >= 0.3 is 6.18 Å². The minimum Gasteiger partial charge on any atom is -0.496 e. The number of piperidine rings is 1. The van der Waals surface area contributed by atoms with E-state index in [1.54, 1.807) is 13.3 Å². The summed E-state index contributed by atoms with van der Waals surface area (Å²) >= 11 is 0. The van der Waals surface area contributed by atoms with Crippen LogP contribution in [0.15, 0.2) is 60.8 Å². The predicted molar refractivity (Wildman–Crippen MR) is 150 cm³/mol. The van der Waals surface area contributed by atoms with Crippen molar-refractivity contribution in [3.8, 4) is 23.1 Å². The van der Waals surface area contributed by atoms with E-state index in [0.29, 0.717) is 49.8 Å². The number of nitrogens with zero attached hydrogens (tertiary/aromatic N) is 4. The smallest absolute Gasteiger partial charge is 0.416 e. The van der Waals surface area contributed by atoms with Gasteiger partial charge < -0.3 is 19.9 Å². The number of rotatable bonds is 7. The molecule has 41 heavy (non-hydrogen) atoms. The molecule has 214 valence electrons. The number of carbonyl (C=O) groups excluding carboxylic acids is 1. The van der Waals surface area contributed by atoms with Crippen molar-refractivity contribution in [2.24, 2.45) is 5.92 Å². The van der Waals surface area contributed by atoms with E-state index in [4.69, 9.17) is 9.72 Å². The summed E-state index contributed by atoms with van der Waals surface area (Å²) in [7, 11) is 3.65. The standard InChI is InChI=1S/C31H32F3N5O2/c1-38-19-21(20-38)17-37-29(40)30(24-7-9-26(36-18-24)25-5-3-4-6-28(25)41-2)11-13-39(14-12-30)27-10-8-23(31(32,33)34)15-22(27)16-35/h3-10,15,18,21H,11-14,17,19-20H2,1-2H3,(H,37,40). The predicted octanol–water partition coefficient (Wildman–Crippen LogP) is 4.86. The van der Waals surface area contributed by atoms with Crippen LogP contribution in [0.2, 0.25) is 0 Å². The molecule has 0 unspecified atom stereocenters. The molecule has 2 aliphatic rings. The van der Waals surface area contributed by atoms with E-state index in [0.717, 1.165) is 42.0 Å². The number of anilines is 1. The zero-order valence-corrected chi connectivity index (χ0v) is 23.0. The lowest BCUT2D eigenvalue weighted by molar-refractivity contribution is -0.137. The molecule has 1 aromatic heterocycles. The molecular formula is C31H32F3N5O2. The molecule has 3 heterocycles. The maximum Gasteiger partial charge on any atom is 0.416 e. The second-order valence-corrected chi connectivity index (χ2v) is 10.8. The summed E-state index contributed by atoms with van der Waals surface area (Å²) in [5.74, 6) is 1.02. The lowest BCUT2D eigenvalue weighted by Crippen LogP contribution is -2.55. The number of aromatic nitrogens is 1. The van der Waals surface area contributed by atoms with Gasteiger partial charge in [0, 0.05) is 50.4 Å². The Morgan fingerprint density at radius 3 is 2.49 bits per heavy atom. The molecule has 5 rings (SSSR count). The number of nitriles is 1. The van der Waals surface area contributed by atoms with E-state index in [1.807, 2.05) is 54.4 Å². The number of benzene rings is 2. The maximum absolute atomic E-state index is 13.9. The van der Waals surface area contributed by atoms with Crippen molar-refractivity contribution >= 4 is 11.6 Å². The van der Waals surface area contributed by atoms with Crippen LogP contribution < -0.4 is 15.0 Å². The van der Waals surface area contributed by atoms with E-state index in [2.05, 4.69) is 10.2 Å². The lowest BCUT2D eigenvalue weighted by atomic mass is 9.72. The third-order valence-corrected chi connectivity index (χ3v) is 8.23. The topological polar surface area (TPSA) is 81.5 Å². The van der Waals surface area contributed by atoms with Gasteiger partial charge in [-0.15, -0.1) is 0 Å². The summed E-state index contributed by atoms with van der Waals surface area (Å²) in [5, 5.41) is 12.8. The third-order valence-electron chi connectivity index (χ3n) is 8.23. The fraction of sp³-hybridized carbons (Fsp3) is 0.387. The average Bonchev–Trinajstić information content (AvgIpc) is 2.98. The summed E-state index contributed by atoms with van der Waals surface area (Å²) in [6.07, 6.45) is -1.94. The van der Waals surface area contributed by atoms with Crippen molar-refractivity contribution < 1.29 is 22.7 Å². The second kappa shape index (κ2) is 11.4. The molecule has 2 saturated heterocycles. The third kappa shape index (κ3) is 5.72. The number of carbonyl (C=O) groups is 1. The van der Waals surface area contributed by atoms with Gasteiger partial charge in [-0.2, -0.15) is 18.4 Å². The van der Waals surface area contributed by atoms with E-state index in [-0.39, 0.29) is 11.5 Å². The number of methoxy groups -OCH3 is 1. The highest BCUT2D eigenvalue weighted by Crippen LogP contribution is 2.40. The van der Waals surface area contributed by atoms with E-state index in [9.17, 15) is 23.2 Å². The van der Waals surface area contributed by atoms with Crippen molar-refractivity contribution in [1.82, 2.24) is 15.2 Å². The lowest BCUT2D eigenvalue weighted by Gasteiger charge is -2.43. The zero-order chi connectivity index (χ0) is 29.2. The van der Waals surface area contributed by atoms with Crippen LogP contribution in [-0.2, 0) is 16.4 Å². The Morgan fingerprint density at radius 2 is 1.88 bits per heavy atom. The quantitative estimate of drug-likeness (QED) is 0.442. The van der Waals surface area contributed by atoms with Crippen molar-refractivity contribution in [1.29, 1.82) is 5.26 Å². The van der Waals surface area contributed by atoms with Gasteiger partial charge in [0.2, 0.25) is 5.91 Å². The number of alkyl halides is 3. The highest BCUT2D eigenvalue weighted by molar-refractivity contribution is 5.89. The van der Waals surface area contributed by atoms with Crippen molar-refractivity contribution in [3.63, 3.8) is 0 Å². The Labute approximate surface area is 237 Å². The number of hydrogen-bond donors (Lipinski definition) is 1. The highest BCUT2D eigenvalue weighted by atomic mass is 19.4. The normalized spacial score (nSPS) is 17.4. The van der Waals surface area contributed by atoms with Crippen LogP contribution in [0.4, 0.5) is 18.9 Å². The summed E-state index contributed by atoms with van der Waals surface area (Å²) in [6.45, 7) is 3.24. The first-order valence-electron chi connectivity index (χ1n) is 13.6. The fourth-order valence-electron chi connectivity index (χ4n) is 5.91. The maximum atomic E-state index is 13.9. The Morgan fingerprint density at radius 1 is 1.15 bits per heavy atom. The first-order valence-corrected chi connectivity index (χ1v) is 13.6. The van der Waals surface area contributed by atoms with Crippen LogP contribution in [0.3, 0.4) is 0 Å². The van der Waals surface area contributed by atoms with Crippen LogP contribution in [0.25, 0.3) is 11.3 Å². The molecule has 0 aliphatic carbocycles. The Kier molecular flexibility index (Phi) is 7.91. The Bertz CT molecular complexity index is 1440. The van der Waals surface area contributed by atoms with E-state index in [1.165, 1.54) is 6.07 Å². The largest absolute Gasteiger partial charge is 0.496 e. The fourth-order valence-corrected chi connectivity index (χ4v) is 5.91. The Balaban J connectivity index is 1.41. The summed E-state index contributed by atoms with van der Waals surface area (Å²) in [4.78, 5) is 22.6. The van der Waals surface area contributed by atoms with Gasteiger partial charge in [-0.3, -0.25) is 9.78 Å². The summed E-state index contributed by atoms with van der Waals surface area (Å²) in [6, 6.07) is 16.6. The number of amides is 1. The van der Waals surface area contributed by atoms with Gasteiger partial charge in [0.05, 0.1) is 35.0 Å². The number of likely N-dealkylation sites (tertiary alicyclic amines) is 1. The number of nitrogens with one attached hydrogen (secondary N) is 1. The zero-order valence-electron chi connectivity index (χ0n) is 23.0. The van der Waals surface area contributed by atoms with Gasteiger partial charge in [0.15, 0.2) is 0 Å². The van der Waals surface area contributed by atoms with Crippen LogP contribution in [0.5, 0.6) is 5.75 Å². The molecule has 0 radical (unpaired) electrons. The van der Waals surface area contributed by atoms with Crippen LogP contribution in [-0.4, -0.2) is 62.7 Å². The molecule has 2 aliphatic heterocycles. The van der Waals surface area contributed by atoms with Crippen LogP contribution >= 0.6 is 0 Å². The molecule has 0 atom stereocenters. The van der Waals surface area contributed by atoms with Gasteiger partial charge in [-0.1, -0.05) is 18.2 Å². The van der Waals surface area contributed by atoms with E-state index < -0.39 is 17.2 Å². The second-order valence-electron chi connectivity index (χ2n) is 10.8. The first kappa shape index (κ1) is 28.4. The minimum atomic E-state index is -4.53.